The summed E-state index contributed by atoms with van der Waals surface area (Å²) in [5.74, 6) is 0.861. The van der Waals surface area contributed by atoms with Crippen LogP contribution in [0.2, 0.25) is 0 Å². The molecule has 0 spiro atoms. The third-order valence-electron chi connectivity index (χ3n) is 4.29. The summed E-state index contributed by atoms with van der Waals surface area (Å²) in [6, 6.07) is 13.1. The SMILES string of the molecule is CCNC(=O)N(S)c1cnc2ccc(Nc3ccc(C(C)(C)C#N)cc3)nc2n1. The number of anilines is 3. The third kappa shape index (κ3) is 4.55. The summed E-state index contributed by atoms with van der Waals surface area (Å²) in [5.41, 5.74) is 2.21. The van der Waals surface area contributed by atoms with E-state index in [2.05, 4.69) is 44.5 Å². The van der Waals surface area contributed by atoms with Gasteiger partial charge in [0.25, 0.3) is 0 Å². The lowest BCUT2D eigenvalue weighted by Crippen LogP contribution is -2.34. The molecule has 2 N–H and O–H groups in total. The van der Waals surface area contributed by atoms with Crippen molar-refractivity contribution in [2.24, 2.45) is 0 Å². The number of urea groups is 1. The molecule has 0 aliphatic carbocycles. The summed E-state index contributed by atoms with van der Waals surface area (Å²) >= 11 is 4.17. The van der Waals surface area contributed by atoms with Crippen LogP contribution in [-0.2, 0) is 5.41 Å². The standard InChI is InChI=1S/C20H21N7OS/c1-4-22-19(28)27(29)17-11-23-15-9-10-16(25-18(15)26-17)24-14-7-5-13(6-8-14)20(2,3)12-21/h5-11,29H,4H2,1-3H3,(H,22,28)(H,24,25,26). The lowest BCUT2D eigenvalue weighted by atomic mass is 9.86. The number of amides is 2. The van der Waals surface area contributed by atoms with Crippen molar-refractivity contribution in [2.45, 2.75) is 26.2 Å². The van der Waals surface area contributed by atoms with Crippen LogP contribution in [0.1, 0.15) is 26.3 Å². The molecule has 148 valence electrons. The van der Waals surface area contributed by atoms with Gasteiger partial charge in [0.15, 0.2) is 11.5 Å². The molecule has 0 aliphatic rings. The number of aromatic nitrogens is 3. The van der Waals surface area contributed by atoms with Crippen LogP contribution in [-0.4, -0.2) is 27.5 Å². The quantitative estimate of drug-likeness (QED) is 0.553. The van der Waals surface area contributed by atoms with Gasteiger partial charge in [0.1, 0.15) is 11.3 Å². The highest BCUT2D eigenvalue weighted by atomic mass is 32.1. The molecule has 0 bridgehead atoms. The van der Waals surface area contributed by atoms with Crippen LogP contribution in [0.25, 0.3) is 11.2 Å². The molecule has 9 heteroatoms. The fourth-order valence-electron chi connectivity index (χ4n) is 2.57. The van der Waals surface area contributed by atoms with Gasteiger partial charge >= 0.3 is 6.03 Å². The maximum absolute atomic E-state index is 11.9. The molecule has 3 aromatic rings. The monoisotopic (exact) mass is 407 g/mol. The summed E-state index contributed by atoms with van der Waals surface area (Å²) in [4.78, 5) is 25.1. The number of rotatable bonds is 5. The van der Waals surface area contributed by atoms with Crippen LogP contribution in [0.5, 0.6) is 0 Å². The number of thiol groups is 1. The van der Waals surface area contributed by atoms with Gasteiger partial charge in [0.2, 0.25) is 0 Å². The second-order valence-electron chi connectivity index (χ2n) is 6.85. The second-order valence-corrected chi connectivity index (χ2v) is 7.25. The number of nitrogens with zero attached hydrogens (tertiary/aromatic N) is 5. The average Bonchev–Trinajstić information content (AvgIpc) is 2.73. The number of nitrogens with one attached hydrogen (secondary N) is 2. The van der Waals surface area contributed by atoms with E-state index in [-0.39, 0.29) is 11.8 Å². The molecule has 2 amide bonds. The van der Waals surface area contributed by atoms with Crippen molar-refractivity contribution >= 4 is 47.3 Å². The lowest BCUT2D eigenvalue weighted by Gasteiger charge is -2.16. The van der Waals surface area contributed by atoms with Gasteiger partial charge < -0.3 is 10.6 Å². The first-order valence-electron chi connectivity index (χ1n) is 9.03. The molecule has 0 unspecified atom stereocenters. The zero-order valence-corrected chi connectivity index (χ0v) is 17.2. The molecule has 0 saturated carbocycles. The van der Waals surface area contributed by atoms with E-state index in [1.54, 1.807) is 12.1 Å². The molecule has 0 atom stereocenters. The highest BCUT2D eigenvalue weighted by Crippen LogP contribution is 2.25. The first-order chi connectivity index (χ1) is 13.8. The summed E-state index contributed by atoms with van der Waals surface area (Å²) < 4.78 is 1.09. The largest absolute Gasteiger partial charge is 0.340 e. The third-order valence-corrected chi connectivity index (χ3v) is 4.68. The summed E-state index contributed by atoms with van der Waals surface area (Å²) in [5, 5.41) is 15.1. The van der Waals surface area contributed by atoms with Gasteiger partial charge in [-0.3, -0.25) is 0 Å². The zero-order valence-electron chi connectivity index (χ0n) is 16.3. The summed E-state index contributed by atoms with van der Waals surface area (Å²) in [7, 11) is 0. The molecular weight excluding hydrogens is 386 g/mol. The van der Waals surface area contributed by atoms with E-state index < -0.39 is 5.41 Å². The van der Waals surface area contributed by atoms with E-state index in [0.717, 1.165) is 15.6 Å². The van der Waals surface area contributed by atoms with E-state index in [1.165, 1.54) is 6.20 Å². The number of fused-ring (bicyclic) bond motifs is 1. The van der Waals surface area contributed by atoms with Crippen molar-refractivity contribution < 1.29 is 4.79 Å². The van der Waals surface area contributed by atoms with Crippen molar-refractivity contribution in [3.05, 3.63) is 48.2 Å². The predicted octanol–water partition coefficient (Wildman–Crippen LogP) is 3.95. The van der Waals surface area contributed by atoms with E-state index in [9.17, 15) is 10.1 Å². The van der Waals surface area contributed by atoms with E-state index in [0.29, 0.717) is 23.5 Å². The Hall–Kier alpha value is -3.38. The Labute approximate surface area is 174 Å². The number of carbonyl (C=O) groups excluding carboxylic acids is 1. The Morgan fingerprint density at radius 1 is 1.21 bits per heavy atom. The van der Waals surface area contributed by atoms with Crippen molar-refractivity contribution in [1.29, 1.82) is 5.26 Å². The van der Waals surface area contributed by atoms with Crippen LogP contribution in [0.4, 0.5) is 22.1 Å². The van der Waals surface area contributed by atoms with Gasteiger partial charge in [-0.15, -0.1) is 0 Å². The fourth-order valence-corrected chi connectivity index (χ4v) is 2.74. The summed E-state index contributed by atoms with van der Waals surface area (Å²) in [6.45, 7) is 6.05. The number of hydrogen-bond donors (Lipinski definition) is 3. The molecule has 0 saturated heterocycles. The smallest absolute Gasteiger partial charge is 0.333 e. The maximum atomic E-state index is 11.9. The van der Waals surface area contributed by atoms with Crippen LogP contribution in [0.3, 0.4) is 0 Å². The van der Waals surface area contributed by atoms with Gasteiger partial charge in [-0.1, -0.05) is 24.9 Å². The highest BCUT2D eigenvalue weighted by molar-refractivity contribution is 7.82. The Balaban J connectivity index is 1.83. The molecule has 3 rings (SSSR count). The molecule has 0 fully saturated rings. The average molecular weight is 408 g/mol. The van der Waals surface area contributed by atoms with Gasteiger partial charge in [-0.2, -0.15) is 5.26 Å². The Bertz CT molecular complexity index is 1080. The van der Waals surface area contributed by atoms with E-state index in [1.807, 2.05) is 45.0 Å². The molecule has 1 aromatic carbocycles. The minimum atomic E-state index is -0.547. The van der Waals surface area contributed by atoms with Gasteiger partial charge in [-0.05, 0) is 50.6 Å². The van der Waals surface area contributed by atoms with Crippen LogP contribution < -0.4 is 14.9 Å². The van der Waals surface area contributed by atoms with Crippen LogP contribution in [0.15, 0.2) is 42.6 Å². The van der Waals surface area contributed by atoms with Crippen molar-refractivity contribution in [2.75, 3.05) is 16.2 Å². The van der Waals surface area contributed by atoms with Gasteiger partial charge in [0, 0.05) is 12.2 Å². The first kappa shape index (κ1) is 20.4. The van der Waals surface area contributed by atoms with Crippen molar-refractivity contribution in [3.8, 4) is 6.07 Å². The van der Waals surface area contributed by atoms with Crippen molar-refractivity contribution in [1.82, 2.24) is 20.3 Å². The minimum absolute atomic E-state index is 0.277. The second kappa shape index (κ2) is 8.32. The Morgan fingerprint density at radius 2 is 1.93 bits per heavy atom. The predicted molar refractivity (Wildman–Crippen MR) is 116 cm³/mol. The van der Waals surface area contributed by atoms with Crippen LogP contribution >= 0.6 is 12.8 Å². The zero-order chi connectivity index (χ0) is 21.0. The van der Waals surface area contributed by atoms with E-state index in [4.69, 9.17) is 0 Å². The lowest BCUT2D eigenvalue weighted by molar-refractivity contribution is 0.250. The summed E-state index contributed by atoms with van der Waals surface area (Å²) in [6.07, 6.45) is 1.47. The fraction of sp³-hybridized carbons (Fsp3) is 0.250. The highest BCUT2D eigenvalue weighted by Gasteiger charge is 2.19. The minimum Gasteiger partial charge on any atom is -0.340 e. The van der Waals surface area contributed by atoms with Crippen molar-refractivity contribution in [3.63, 3.8) is 0 Å². The maximum Gasteiger partial charge on any atom is 0.333 e. The van der Waals surface area contributed by atoms with Gasteiger partial charge in [0.05, 0.1) is 17.7 Å². The Kier molecular flexibility index (Phi) is 5.84. The van der Waals surface area contributed by atoms with Gasteiger partial charge in [-0.25, -0.2) is 24.1 Å². The number of benzene rings is 1. The number of nitriles is 1. The molecule has 0 aliphatic heterocycles. The Morgan fingerprint density at radius 3 is 2.59 bits per heavy atom. The first-order valence-corrected chi connectivity index (χ1v) is 9.43. The molecular formula is C20H21N7OS. The molecule has 0 radical (unpaired) electrons. The number of pyridine rings is 1. The van der Waals surface area contributed by atoms with E-state index >= 15 is 0 Å². The molecule has 8 nitrogen and oxygen atoms in total. The molecule has 29 heavy (non-hydrogen) atoms. The topological polar surface area (TPSA) is 107 Å². The molecule has 2 aromatic heterocycles. The van der Waals surface area contributed by atoms with Crippen LogP contribution in [0, 0.1) is 11.3 Å². The number of carbonyl (C=O) groups is 1. The number of hydrogen-bond acceptors (Lipinski definition) is 7. The normalized spacial score (nSPS) is 11.0. The molecule has 2 heterocycles.